The molecule has 2 aromatic rings. The molecule has 0 aliphatic heterocycles. The first-order chi connectivity index (χ1) is 9.61. The molecule has 2 rings (SSSR count). The van der Waals surface area contributed by atoms with E-state index >= 15 is 0 Å². The van der Waals surface area contributed by atoms with Gasteiger partial charge in [0.2, 0.25) is 0 Å². The predicted octanol–water partition coefficient (Wildman–Crippen LogP) is 5.01. The summed E-state index contributed by atoms with van der Waals surface area (Å²) in [6.45, 7) is 6.41. The lowest BCUT2D eigenvalue weighted by Gasteiger charge is -2.14. The van der Waals surface area contributed by atoms with E-state index in [9.17, 15) is 0 Å². The first-order valence-corrected chi connectivity index (χ1v) is 7.24. The first-order valence-electron chi connectivity index (χ1n) is 7.24. The van der Waals surface area contributed by atoms with Crippen molar-refractivity contribution in [3.8, 4) is 11.5 Å². The molecular weight excluding hydrogens is 246 g/mol. The second-order valence-corrected chi connectivity index (χ2v) is 5.31. The van der Waals surface area contributed by atoms with Gasteiger partial charge >= 0.3 is 0 Å². The van der Waals surface area contributed by atoms with Crippen LogP contribution < -0.4 is 10.5 Å². The molecule has 0 saturated carbocycles. The molecule has 2 heteroatoms. The van der Waals surface area contributed by atoms with Gasteiger partial charge in [-0.15, -0.1) is 0 Å². The van der Waals surface area contributed by atoms with E-state index in [1.165, 1.54) is 5.56 Å². The van der Waals surface area contributed by atoms with Crippen molar-refractivity contribution in [1.29, 1.82) is 0 Å². The highest BCUT2D eigenvalue weighted by Gasteiger charge is 2.08. The van der Waals surface area contributed by atoms with Crippen LogP contribution >= 0.6 is 0 Å². The molecule has 0 amide bonds. The lowest BCUT2D eigenvalue weighted by Crippen LogP contribution is -2.06. The van der Waals surface area contributed by atoms with E-state index in [1.54, 1.807) is 0 Å². The van der Waals surface area contributed by atoms with Crippen LogP contribution in [0.2, 0.25) is 0 Å². The summed E-state index contributed by atoms with van der Waals surface area (Å²) >= 11 is 0. The molecule has 0 spiro atoms. The van der Waals surface area contributed by atoms with Gasteiger partial charge < -0.3 is 10.5 Å². The average Bonchev–Trinajstić information content (AvgIpc) is 2.47. The van der Waals surface area contributed by atoms with E-state index in [-0.39, 0.29) is 6.04 Å². The number of hydrogen-bond acceptors (Lipinski definition) is 2. The van der Waals surface area contributed by atoms with Crippen LogP contribution in [0, 0.1) is 0 Å². The Labute approximate surface area is 121 Å². The smallest absolute Gasteiger partial charge is 0.132 e. The average molecular weight is 269 g/mol. The van der Waals surface area contributed by atoms with Crippen molar-refractivity contribution in [3.05, 3.63) is 59.7 Å². The largest absolute Gasteiger partial charge is 0.457 e. The van der Waals surface area contributed by atoms with Crippen molar-refractivity contribution in [1.82, 2.24) is 0 Å². The standard InChI is InChI=1S/C18H23NO/c1-4-13(2)15-9-11-16(12-10-15)20-18-8-6-5-7-17(18)14(3)19/h5-14H,4,19H2,1-3H3. The Kier molecular flexibility index (Phi) is 4.80. The quantitative estimate of drug-likeness (QED) is 0.827. The van der Waals surface area contributed by atoms with Gasteiger partial charge in [0, 0.05) is 11.6 Å². The topological polar surface area (TPSA) is 35.2 Å². The molecule has 0 heterocycles. The molecule has 106 valence electrons. The van der Waals surface area contributed by atoms with E-state index in [0.29, 0.717) is 5.92 Å². The van der Waals surface area contributed by atoms with Crippen LogP contribution in [0.4, 0.5) is 0 Å². The molecule has 2 N–H and O–H groups in total. The van der Waals surface area contributed by atoms with Gasteiger partial charge in [0.1, 0.15) is 11.5 Å². The summed E-state index contributed by atoms with van der Waals surface area (Å²) in [7, 11) is 0. The van der Waals surface area contributed by atoms with E-state index in [0.717, 1.165) is 23.5 Å². The zero-order valence-electron chi connectivity index (χ0n) is 12.5. The van der Waals surface area contributed by atoms with Crippen LogP contribution in [0.3, 0.4) is 0 Å². The summed E-state index contributed by atoms with van der Waals surface area (Å²) in [5.74, 6) is 2.27. The van der Waals surface area contributed by atoms with Gasteiger partial charge in [0.05, 0.1) is 0 Å². The van der Waals surface area contributed by atoms with Crippen molar-refractivity contribution in [2.75, 3.05) is 0 Å². The van der Waals surface area contributed by atoms with Crippen LogP contribution in [0.1, 0.15) is 50.3 Å². The number of rotatable bonds is 5. The maximum absolute atomic E-state index is 5.97. The third-order valence-electron chi connectivity index (χ3n) is 3.70. The Hall–Kier alpha value is -1.80. The normalized spacial score (nSPS) is 13.8. The van der Waals surface area contributed by atoms with Crippen LogP contribution in [0.25, 0.3) is 0 Å². The highest BCUT2D eigenvalue weighted by Crippen LogP contribution is 2.29. The van der Waals surface area contributed by atoms with Crippen LogP contribution in [-0.4, -0.2) is 0 Å². The molecule has 2 nitrogen and oxygen atoms in total. The van der Waals surface area contributed by atoms with Gasteiger partial charge in [0.25, 0.3) is 0 Å². The molecule has 0 fully saturated rings. The molecule has 0 saturated heterocycles. The third kappa shape index (κ3) is 3.40. The SMILES string of the molecule is CCC(C)c1ccc(Oc2ccccc2C(C)N)cc1. The molecule has 2 unspecified atom stereocenters. The molecule has 0 aliphatic carbocycles. The van der Waals surface area contributed by atoms with E-state index in [2.05, 4.69) is 26.0 Å². The van der Waals surface area contributed by atoms with Crippen molar-refractivity contribution >= 4 is 0 Å². The van der Waals surface area contributed by atoms with Crippen LogP contribution in [0.5, 0.6) is 11.5 Å². The van der Waals surface area contributed by atoms with Crippen molar-refractivity contribution in [2.24, 2.45) is 5.73 Å². The summed E-state index contributed by atoms with van der Waals surface area (Å²) < 4.78 is 5.96. The minimum atomic E-state index is -0.0365. The fourth-order valence-corrected chi connectivity index (χ4v) is 2.18. The Balaban J connectivity index is 2.18. The van der Waals surface area contributed by atoms with E-state index in [1.807, 2.05) is 43.3 Å². The minimum Gasteiger partial charge on any atom is -0.457 e. The number of benzene rings is 2. The first kappa shape index (κ1) is 14.6. The van der Waals surface area contributed by atoms with E-state index < -0.39 is 0 Å². The highest BCUT2D eigenvalue weighted by molar-refractivity contribution is 5.40. The van der Waals surface area contributed by atoms with E-state index in [4.69, 9.17) is 10.5 Å². The Morgan fingerprint density at radius 1 is 1.00 bits per heavy atom. The number of para-hydroxylation sites is 1. The van der Waals surface area contributed by atoms with Crippen molar-refractivity contribution in [2.45, 2.75) is 39.2 Å². The summed E-state index contributed by atoms with van der Waals surface area (Å²) in [4.78, 5) is 0. The Morgan fingerprint density at radius 2 is 1.65 bits per heavy atom. The maximum Gasteiger partial charge on any atom is 0.132 e. The maximum atomic E-state index is 5.97. The fraction of sp³-hybridized carbons (Fsp3) is 0.333. The summed E-state index contributed by atoms with van der Waals surface area (Å²) in [5.41, 5.74) is 8.34. The van der Waals surface area contributed by atoms with Gasteiger partial charge in [-0.2, -0.15) is 0 Å². The lowest BCUT2D eigenvalue weighted by atomic mass is 9.99. The highest BCUT2D eigenvalue weighted by atomic mass is 16.5. The van der Waals surface area contributed by atoms with Crippen LogP contribution in [-0.2, 0) is 0 Å². The fourth-order valence-electron chi connectivity index (χ4n) is 2.18. The van der Waals surface area contributed by atoms with Crippen molar-refractivity contribution in [3.63, 3.8) is 0 Å². The summed E-state index contributed by atoms with van der Waals surface area (Å²) in [6, 6.07) is 16.2. The molecule has 0 bridgehead atoms. The molecule has 0 radical (unpaired) electrons. The van der Waals surface area contributed by atoms with Gasteiger partial charge in [0.15, 0.2) is 0 Å². The Bertz CT molecular complexity index is 546. The van der Waals surface area contributed by atoms with Crippen molar-refractivity contribution < 1.29 is 4.74 Å². The second-order valence-electron chi connectivity index (χ2n) is 5.31. The molecule has 0 aliphatic rings. The van der Waals surface area contributed by atoms with Gasteiger partial charge in [-0.3, -0.25) is 0 Å². The summed E-state index contributed by atoms with van der Waals surface area (Å²) in [6.07, 6.45) is 1.15. The zero-order valence-corrected chi connectivity index (χ0v) is 12.5. The molecule has 0 aromatic heterocycles. The number of nitrogens with two attached hydrogens (primary N) is 1. The minimum absolute atomic E-state index is 0.0365. The van der Waals surface area contributed by atoms with Gasteiger partial charge in [-0.1, -0.05) is 44.2 Å². The monoisotopic (exact) mass is 269 g/mol. The lowest BCUT2D eigenvalue weighted by molar-refractivity contribution is 0.471. The van der Waals surface area contributed by atoms with Gasteiger partial charge in [-0.25, -0.2) is 0 Å². The zero-order chi connectivity index (χ0) is 14.5. The summed E-state index contributed by atoms with van der Waals surface area (Å²) in [5, 5.41) is 0. The number of hydrogen-bond donors (Lipinski definition) is 1. The Morgan fingerprint density at radius 3 is 2.25 bits per heavy atom. The molecule has 2 atom stereocenters. The number of ether oxygens (including phenoxy) is 1. The molecule has 2 aromatic carbocycles. The molecule has 20 heavy (non-hydrogen) atoms. The predicted molar refractivity (Wildman–Crippen MR) is 84.3 cm³/mol. The second kappa shape index (κ2) is 6.58. The third-order valence-corrected chi connectivity index (χ3v) is 3.70. The molecular formula is C18H23NO. The van der Waals surface area contributed by atoms with Crippen LogP contribution in [0.15, 0.2) is 48.5 Å². The van der Waals surface area contributed by atoms with Gasteiger partial charge in [-0.05, 0) is 43.0 Å².